The highest BCUT2D eigenvalue weighted by Gasteiger charge is 2.33. The lowest BCUT2D eigenvalue weighted by Crippen LogP contribution is -2.46. The van der Waals surface area contributed by atoms with Crippen LogP contribution in [-0.2, 0) is 5.54 Å². The van der Waals surface area contributed by atoms with Crippen molar-refractivity contribution in [2.45, 2.75) is 51.1 Å². The smallest absolute Gasteiger partial charge is 0.0510 e. The third-order valence-electron chi connectivity index (χ3n) is 3.83. The van der Waals surface area contributed by atoms with E-state index in [1.165, 1.54) is 37.8 Å². The first-order valence-electron chi connectivity index (χ1n) is 7.22. The molecule has 1 atom stereocenters. The monoisotopic (exact) mass is 246 g/mol. The highest BCUT2D eigenvalue weighted by Crippen LogP contribution is 2.30. The molecule has 1 saturated carbocycles. The molecule has 1 aliphatic carbocycles. The van der Waals surface area contributed by atoms with E-state index in [1.807, 2.05) is 0 Å². The Kier molecular flexibility index (Phi) is 4.41. The Morgan fingerprint density at radius 1 is 1.28 bits per heavy atom. The molecule has 0 aromatic heterocycles. The van der Waals surface area contributed by atoms with Crippen molar-refractivity contribution in [3.05, 3.63) is 35.9 Å². The number of hydrogen-bond acceptors (Lipinski definition) is 2. The van der Waals surface area contributed by atoms with Crippen LogP contribution in [0.2, 0.25) is 0 Å². The second-order valence-electron chi connectivity index (χ2n) is 5.84. The molecule has 1 aliphatic rings. The predicted molar refractivity (Wildman–Crippen MR) is 77.5 cm³/mol. The maximum Gasteiger partial charge on any atom is 0.0510 e. The molecule has 0 radical (unpaired) electrons. The summed E-state index contributed by atoms with van der Waals surface area (Å²) in [6, 6.07) is 11.3. The summed E-state index contributed by atoms with van der Waals surface area (Å²) in [6.07, 6.45) is 5.25. The molecule has 2 nitrogen and oxygen atoms in total. The second-order valence-corrected chi connectivity index (χ2v) is 5.84. The average Bonchev–Trinajstić information content (AvgIpc) is 3.20. The molecule has 0 bridgehead atoms. The Balaban J connectivity index is 2.00. The van der Waals surface area contributed by atoms with E-state index >= 15 is 0 Å². The molecule has 1 aromatic rings. The Morgan fingerprint density at radius 2 is 1.94 bits per heavy atom. The van der Waals surface area contributed by atoms with Crippen LogP contribution in [0.4, 0.5) is 0 Å². The molecular weight excluding hydrogens is 220 g/mol. The fourth-order valence-corrected chi connectivity index (χ4v) is 2.52. The highest BCUT2D eigenvalue weighted by atomic mass is 15.2. The first kappa shape index (κ1) is 13.6. The Labute approximate surface area is 111 Å². The largest absolute Gasteiger partial charge is 0.321 e. The minimum Gasteiger partial charge on any atom is -0.321 e. The molecule has 2 rings (SSSR count). The van der Waals surface area contributed by atoms with Crippen LogP contribution in [0, 0.1) is 0 Å². The molecule has 1 aromatic carbocycles. The Bertz CT molecular complexity index is 355. The highest BCUT2D eigenvalue weighted by molar-refractivity contribution is 5.23. The van der Waals surface area contributed by atoms with Crippen molar-refractivity contribution in [3.63, 3.8) is 0 Å². The maximum atomic E-state index is 6.53. The van der Waals surface area contributed by atoms with Gasteiger partial charge in [0.1, 0.15) is 0 Å². The van der Waals surface area contributed by atoms with Gasteiger partial charge in [0.15, 0.2) is 0 Å². The zero-order chi connectivity index (χ0) is 13.0. The first-order chi connectivity index (χ1) is 8.63. The van der Waals surface area contributed by atoms with E-state index < -0.39 is 0 Å². The van der Waals surface area contributed by atoms with Crippen molar-refractivity contribution in [1.29, 1.82) is 0 Å². The van der Waals surface area contributed by atoms with Crippen LogP contribution in [0.1, 0.15) is 45.1 Å². The van der Waals surface area contributed by atoms with E-state index in [-0.39, 0.29) is 5.54 Å². The molecule has 0 amide bonds. The number of unbranched alkanes of at least 4 members (excludes halogenated alkanes) is 1. The molecular formula is C16H26N2. The average molecular weight is 246 g/mol. The molecule has 0 spiro atoms. The molecule has 2 heteroatoms. The minimum atomic E-state index is -0.239. The summed E-state index contributed by atoms with van der Waals surface area (Å²) in [4.78, 5) is 2.59. The van der Waals surface area contributed by atoms with Gasteiger partial charge in [0.25, 0.3) is 0 Å². The normalized spacial score (nSPS) is 18.9. The van der Waals surface area contributed by atoms with Gasteiger partial charge in [0.2, 0.25) is 0 Å². The van der Waals surface area contributed by atoms with Crippen molar-refractivity contribution in [1.82, 2.24) is 4.90 Å². The lowest BCUT2D eigenvalue weighted by Gasteiger charge is -2.33. The zero-order valence-corrected chi connectivity index (χ0v) is 11.7. The summed E-state index contributed by atoms with van der Waals surface area (Å²) in [5.74, 6) is 0. The van der Waals surface area contributed by atoms with Crippen molar-refractivity contribution >= 4 is 0 Å². The van der Waals surface area contributed by atoms with E-state index in [9.17, 15) is 0 Å². The van der Waals surface area contributed by atoms with Crippen LogP contribution in [-0.4, -0.2) is 24.0 Å². The van der Waals surface area contributed by atoms with Gasteiger partial charge in [-0.05, 0) is 38.3 Å². The maximum absolute atomic E-state index is 6.53. The number of benzene rings is 1. The van der Waals surface area contributed by atoms with Crippen LogP contribution in [0.3, 0.4) is 0 Å². The van der Waals surface area contributed by atoms with Gasteiger partial charge in [0.05, 0.1) is 5.54 Å². The number of hydrogen-bond donors (Lipinski definition) is 1. The molecule has 18 heavy (non-hydrogen) atoms. The zero-order valence-electron chi connectivity index (χ0n) is 11.7. The van der Waals surface area contributed by atoms with Crippen LogP contribution >= 0.6 is 0 Å². The SMILES string of the molecule is CCCCN(CC(C)(N)c1ccccc1)C1CC1. The topological polar surface area (TPSA) is 29.3 Å². The molecule has 0 heterocycles. The Morgan fingerprint density at radius 3 is 2.50 bits per heavy atom. The van der Waals surface area contributed by atoms with Gasteiger partial charge in [-0.3, -0.25) is 4.90 Å². The van der Waals surface area contributed by atoms with E-state index in [2.05, 4.69) is 49.1 Å². The van der Waals surface area contributed by atoms with Gasteiger partial charge in [-0.25, -0.2) is 0 Å². The van der Waals surface area contributed by atoms with Gasteiger partial charge in [0, 0.05) is 12.6 Å². The number of nitrogens with zero attached hydrogens (tertiary/aromatic N) is 1. The molecule has 0 aliphatic heterocycles. The van der Waals surface area contributed by atoms with Gasteiger partial charge in [-0.15, -0.1) is 0 Å². The minimum absolute atomic E-state index is 0.239. The summed E-state index contributed by atoms with van der Waals surface area (Å²) in [6.45, 7) is 6.58. The Hall–Kier alpha value is -0.860. The summed E-state index contributed by atoms with van der Waals surface area (Å²) < 4.78 is 0. The lowest BCUT2D eigenvalue weighted by atomic mass is 9.92. The van der Waals surface area contributed by atoms with E-state index in [0.717, 1.165) is 12.6 Å². The first-order valence-corrected chi connectivity index (χ1v) is 7.22. The summed E-state index contributed by atoms with van der Waals surface area (Å²) in [7, 11) is 0. The number of nitrogens with two attached hydrogens (primary N) is 1. The molecule has 0 saturated heterocycles. The predicted octanol–water partition coefficient (Wildman–Crippen LogP) is 3.13. The van der Waals surface area contributed by atoms with Crippen molar-refractivity contribution in [2.24, 2.45) is 5.73 Å². The third-order valence-corrected chi connectivity index (χ3v) is 3.83. The van der Waals surface area contributed by atoms with Gasteiger partial charge < -0.3 is 5.73 Å². The van der Waals surface area contributed by atoms with Crippen LogP contribution in [0.25, 0.3) is 0 Å². The van der Waals surface area contributed by atoms with Gasteiger partial charge >= 0.3 is 0 Å². The lowest BCUT2D eigenvalue weighted by molar-refractivity contribution is 0.205. The van der Waals surface area contributed by atoms with Crippen molar-refractivity contribution < 1.29 is 0 Å². The third kappa shape index (κ3) is 3.56. The molecule has 100 valence electrons. The van der Waals surface area contributed by atoms with E-state index in [1.54, 1.807) is 0 Å². The van der Waals surface area contributed by atoms with Gasteiger partial charge in [-0.1, -0.05) is 43.7 Å². The van der Waals surface area contributed by atoms with E-state index in [4.69, 9.17) is 5.73 Å². The van der Waals surface area contributed by atoms with Crippen molar-refractivity contribution in [2.75, 3.05) is 13.1 Å². The van der Waals surface area contributed by atoms with Crippen molar-refractivity contribution in [3.8, 4) is 0 Å². The molecule has 1 fully saturated rings. The van der Waals surface area contributed by atoms with Crippen LogP contribution < -0.4 is 5.73 Å². The molecule has 2 N–H and O–H groups in total. The van der Waals surface area contributed by atoms with Gasteiger partial charge in [-0.2, -0.15) is 0 Å². The van der Waals surface area contributed by atoms with Crippen LogP contribution in [0.15, 0.2) is 30.3 Å². The summed E-state index contributed by atoms with van der Waals surface area (Å²) >= 11 is 0. The standard InChI is InChI=1S/C16H26N2/c1-3-4-12-18(15-10-11-15)13-16(2,17)14-8-6-5-7-9-14/h5-9,15H,3-4,10-13,17H2,1-2H3. The number of rotatable bonds is 7. The van der Waals surface area contributed by atoms with E-state index in [0.29, 0.717) is 0 Å². The molecule has 1 unspecified atom stereocenters. The fraction of sp³-hybridized carbons (Fsp3) is 0.625. The second kappa shape index (κ2) is 5.85. The summed E-state index contributed by atoms with van der Waals surface area (Å²) in [5, 5.41) is 0. The summed E-state index contributed by atoms with van der Waals surface area (Å²) in [5.41, 5.74) is 7.54. The van der Waals surface area contributed by atoms with Crippen LogP contribution in [0.5, 0.6) is 0 Å². The fourth-order valence-electron chi connectivity index (χ4n) is 2.52. The quantitative estimate of drug-likeness (QED) is 0.801.